The van der Waals surface area contributed by atoms with E-state index in [1.165, 1.54) is 30.5 Å². The zero-order valence-corrected chi connectivity index (χ0v) is 11.5. The highest BCUT2D eigenvalue weighted by molar-refractivity contribution is 6.30. The van der Waals surface area contributed by atoms with Gasteiger partial charge >= 0.3 is 0 Å². The van der Waals surface area contributed by atoms with E-state index in [0.29, 0.717) is 5.92 Å². The molecule has 0 bridgehead atoms. The van der Waals surface area contributed by atoms with Gasteiger partial charge in [-0.25, -0.2) is 0 Å². The molecule has 1 aliphatic heterocycles. The van der Waals surface area contributed by atoms with Crippen molar-refractivity contribution >= 4 is 11.6 Å². The predicted molar refractivity (Wildman–Crippen MR) is 75.7 cm³/mol. The summed E-state index contributed by atoms with van der Waals surface area (Å²) in [6.45, 7) is 4.50. The quantitative estimate of drug-likeness (QED) is 0.845. The molecule has 1 saturated heterocycles. The average Bonchev–Trinajstić information content (AvgIpc) is 3.24. The SMILES string of the molecule is CC1CN1CC(C(N)=C1CC1)c1ccc(Cl)cc1. The summed E-state index contributed by atoms with van der Waals surface area (Å²) in [6.07, 6.45) is 2.37. The summed E-state index contributed by atoms with van der Waals surface area (Å²) in [5.74, 6) is 0.338. The fourth-order valence-electron chi connectivity index (χ4n) is 2.46. The van der Waals surface area contributed by atoms with Gasteiger partial charge in [0.1, 0.15) is 0 Å². The maximum atomic E-state index is 6.33. The summed E-state index contributed by atoms with van der Waals surface area (Å²) in [7, 11) is 0. The van der Waals surface area contributed by atoms with Crippen molar-refractivity contribution in [2.75, 3.05) is 13.1 Å². The molecule has 2 nitrogen and oxygen atoms in total. The molecule has 0 spiro atoms. The monoisotopic (exact) mass is 262 g/mol. The third-order valence-corrected chi connectivity index (χ3v) is 4.21. The van der Waals surface area contributed by atoms with Gasteiger partial charge < -0.3 is 5.73 Å². The molecule has 3 rings (SSSR count). The molecule has 1 heterocycles. The second kappa shape index (κ2) is 4.60. The van der Waals surface area contributed by atoms with Crippen molar-refractivity contribution in [1.82, 2.24) is 4.90 Å². The Hall–Kier alpha value is -0.990. The second-order valence-corrected chi connectivity index (χ2v) is 5.90. The Bertz CT molecular complexity index is 472. The molecule has 2 aliphatic rings. The van der Waals surface area contributed by atoms with Crippen molar-refractivity contribution in [1.29, 1.82) is 0 Å². The average molecular weight is 263 g/mol. The minimum Gasteiger partial charge on any atom is -0.402 e. The van der Waals surface area contributed by atoms with Crippen LogP contribution in [0.4, 0.5) is 0 Å². The van der Waals surface area contributed by atoms with Gasteiger partial charge in [0.05, 0.1) is 0 Å². The van der Waals surface area contributed by atoms with Crippen molar-refractivity contribution in [3.8, 4) is 0 Å². The molecule has 3 atom stereocenters. The molecular formula is C15H19ClN2. The lowest BCUT2D eigenvalue weighted by Gasteiger charge is -2.19. The number of benzene rings is 1. The van der Waals surface area contributed by atoms with Gasteiger partial charge in [-0.2, -0.15) is 0 Å². The minimum atomic E-state index is 0.338. The van der Waals surface area contributed by atoms with Crippen molar-refractivity contribution in [2.24, 2.45) is 5.73 Å². The minimum absolute atomic E-state index is 0.338. The fourth-order valence-corrected chi connectivity index (χ4v) is 2.58. The lowest BCUT2D eigenvalue weighted by atomic mass is 9.95. The Balaban J connectivity index is 1.84. The zero-order chi connectivity index (χ0) is 12.7. The maximum absolute atomic E-state index is 6.33. The lowest BCUT2D eigenvalue weighted by Crippen LogP contribution is -2.20. The highest BCUT2D eigenvalue weighted by Gasteiger charge is 2.33. The van der Waals surface area contributed by atoms with Crippen molar-refractivity contribution in [2.45, 2.75) is 31.7 Å². The van der Waals surface area contributed by atoms with Crippen LogP contribution in [0.25, 0.3) is 0 Å². The van der Waals surface area contributed by atoms with E-state index in [1.807, 2.05) is 12.1 Å². The first-order valence-corrected chi connectivity index (χ1v) is 7.00. The van der Waals surface area contributed by atoms with E-state index in [-0.39, 0.29) is 0 Å². The van der Waals surface area contributed by atoms with Gasteiger partial charge in [-0.1, -0.05) is 29.3 Å². The fraction of sp³-hybridized carbons (Fsp3) is 0.467. The van der Waals surface area contributed by atoms with Gasteiger partial charge in [-0.15, -0.1) is 0 Å². The molecule has 2 N–H and O–H groups in total. The van der Waals surface area contributed by atoms with Crippen LogP contribution in [-0.2, 0) is 0 Å². The third kappa shape index (κ3) is 2.55. The Kier molecular flexibility index (Phi) is 3.08. The molecular weight excluding hydrogens is 244 g/mol. The molecule has 1 aliphatic carbocycles. The summed E-state index contributed by atoms with van der Waals surface area (Å²) < 4.78 is 0. The molecule has 3 unspecified atom stereocenters. The van der Waals surface area contributed by atoms with E-state index < -0.39 is 0 Å². The number of halogens is 1. The van der Waals surface area contributed by atoms with Gasteiger partial charge in [0.25, 0.3) is 0 Å². The predicted octanol–water partition coefficient (Wildman–Crippen LogP) is 3.13. The molecule has 0 radical (unpaired) electrons. The second-order valence-electron chi connectivity index (χ2n) is 5.47. The number of hydrogen-bond donors (Lipinski definition) is 1. The standard InChI is InChI=1S/C15H19ClN2/c1-10-8-18(10)9-14(15(17)12-2-3-12)11-4-6-13(16)7-5-11/h4-7,10,14H,2-3,8-9,17H2,1H3. The van der Waals surface area contributed by atoms with Crippen LogP contribution in [0, 0.1) is 0 Å². The van der Waals surface area contributed by atoms with Crippen LogP contribution in [-0.4, -0.2) is 24.0 Å². The Morgan fingerprint density at radius 1 is 1.39 bits per heavy atom. The zero-order valence-electron chi connectivity index (χ0n) is 10.7. The van der Waals surface area contributed by atoms with Crippen LogP contribution in [0.2, 0.25) is 5.02 Å². The van der Waals surface area contributed by atoms with Gasteiger partial charge in [0.15, 0.2) is 0 Å². The first-order chi connectivity index (χ1) is 8.65. The van der Waals surface area contributed by atoms with Gasteiger partial charge in [-0.3, -0.25) is 4.90 Å². The van der Waals surface area contributed by atoms with E-state index in [2.05, 4.69) is 24.0 Å². The molecule has 2 fully saturated rings. The van der Waals surface area contributed by atoms with E-state index in [1.54, 1.807) is 0 Å². The molecule has 0 amide bonds. The van der Waals surface area contributed by atoms with Gasteiger partial charge in [-0.05, 0) is 37.5 Å². The highest BCUT2D eigenvalue weighted by Crippen LogP contribution is 2.37. The van der Waals surface area contributed by atoms with E-state index in [4.69, 9.17) is 17.3 Å². The molecule has 3 heteroatoms. The van der Waals surface area contributed by atoms with E-state index in [0.717, 1.165) is 23.3 Å². The number of hydrogen-bond acceptors (Lipinski definition) is 2. The summed E-state index contributed by atoms with van der Waals surface area (Å²) in [6, 6.07) is 8.85. The number of nitrogens with zero attached hydrogens (tertiary/aromatic N) is 1. The largest absolute Gasteiger partial charge is 0.402 e. The third-order valence-electron chi connectivity index (χ3n) is 3.96. The topological polar surface area (TPSA) is 29.0 Å². The van der Waals surface area contributed by atoms with E-state index in [9.17, 15) is 0 Å². The van der Waals surface area contributed by atoms with E-state index >= 15 is 0 Å². The number of allylic oxidation sites excluding steroid dienone is 1. The first kappa shape index (κ1) is 12.1. The summed E-state index contributed by atoms with van der Waals surface area (Å²) >= 11 is 5.96. The molecule has 96 valence electrons. The summed E-state index contributed by atoms with van der Waals surface area (Å²) in [5.41, 5.74) is 10.2. The summed E-state index contributed by atoms with van der Waals surface area (Å²) in [5, 5.41) is 0.787. The van der Waals surface area contributed by atoms with Crippen LogP contribution < -0.4 is 5.73 Å². The van der Waals surface area contributed by atoms with Crippen molar-refractivity contribution in [3.63, 3.8) is 0 Å². The Morgan fingerprint density at radius 2 is 2.00 bits per heavy atom. The summed E-state index contributed by atoms with van der Waals surface area (Å²) in [4.78, 5) is 2.47. The number of rotatable bonds is 4. The van der Waals surface area contributed by atoms with Crippen molar-refractivity contribution < 1.29 is 0 Å². The molecule has 0 aromatic heterocycles. The highest BCUT2D eigenvalue weighted by atomic mass is 35.5. The molecule has 1 aromatic rings. The number of nitrogens with two attached hydrogens (primary N) is 1. The normalized spacial score (nSPS) is 26.9. The van der Waals surface area contributed by atoms with Gasteiger partial charge in [0, 0.05) is 35.8 Å². The Labute approximate surface area is 113 Å². The van der Waals surface area contributed by atoms with Crippen LogP contribution in [0.15, 0.2) is 35.5 Å². The van der Waals surface area contributed by atoms with Crippen LogP contribution in [0.3, 0.4) is 0 Å². The smallest absolute Gasteiger partial charge is 0.0406 e. The Morgan fingerprint density at radius 3 is 2.50 bits per heavy atom. The maximum Gasteiger partial charge on any atom is 0.0406 e. The van der Waals surface area contributed by atoms with Crippen LogP contribution in [0.1, 0.15) is 31.2 Å². The van der Waals surface area contributed by atoms with Crippen molar-refractivity contribution in [3.05, 3.63) is 46.1 Å². The molecule has 18 heavy (non-hydrogen) atoms. The first-order valence-electron chi connectivity index (χ1n) is 6.62. The lowest BCUT2D eigenvalue weighted by molar-refractivity contribution is 0.483. The van der Waals surface area contributed by atoms with Gasteiger partial charge in [0.2, 0.25) is 0 Å². The molecule has 1 saturated carbocycles. The van der Waals surface area contributed by atoms with Crippen LogP contribution in [0.5, 0.6) is 0 Å². The molecule has 1 aromatic carbocycles. The van der Waals surface area contributed by atoms with Crippen LogP contribution >= 0.6 is 11.6 Å².